The molecule has 1 saturated heterocycles. The largest absolute Gasteiger partial charge is 0.493 e. The number of hydrogen-bond acceptors (Lipinski definition) is 3. The van der Waals surface area contributed by atoms with Crippen LogP contribution in [0.4, 0.5) is 8.78 Å². The van der Waals surface area contributed by atoms with Crippen molar-refractivity contribution in [1.29, 1.82) is 0 Å². The topological polar surface area (TPSA) is 54.9 Å². The highest BCUT2D eigenvalue weighted by atomic mass is 19.1. The van der Waals surface area contributed by atoms with Crippen molar-refractivity contribution in [3.05, 3.63) is 64.7 Å². The Morgan fingerprint density at radius 3 is 2.80 bits per heavy atom. The molecule has 0 aliphatic carbocycles. The molecule has 5 nitrogen and oxygen atoms in total. The number of guanidine groups is 1. The number of nitrogens with zero attached hydrogens (tertiary/aromatic N) is 1. The SMILES string of the molecule is CN=C(NCCc1cc(F)ccc1F)NCc1ccc(C)cc1OCC1CCOC1. The van der Waals surface area contributed by atoms with Gasteiger partial charge in [0.15, 0.2) is 5.96 Å². The summed E-state index contributed by atoms with van der Waals surface area (Å²) in [6, 6.07) is 9.61. The summed E-state index contributed by atoms with van der Waals surface area (Å²) in [7, 11) is 1.67. The van der Waals surface area contributed by atoms with Crippen LogP contribution in [-0.4, -0.2) is 39.4 Å². The van der Waals surface area contributed by atoms with Gasteiger partial charge in [-0.2, -0.15) is 0 Å². The van der Waals surface area contributed by atoms with Crippen LogP contribution in [0.3, 0.4) is 0 Å². The van der Waals surface area contributed by atoms with E-state index in [2.05, 4.69) is 15.6 Å². The molecule has 1 fully saturated rings. The summed E-state index contributed by atoms with van der Waals surface area (Å²) in [5, 5.41) is 6.39. The highest BCUT2D eigenvalue weighted by Crippen LogP contribution is 2.22. The van der Waals surface area contributed by atoms with Gasteiger partial charge in [-0.3, -0.25) is 4.99 Å². The van der Waals surface area contributed by atoms with Crippen LogP contribution < -0.4 is 15.4 Å². The van der Waals surface area contributed by atoms with E-state index >= 15 is 0 Å². The van der Waals surface area contributed by atoms with Crippen LogP contribution >= 0.6 is 0 Å². The van der Waals surface area contributed by atoms with Gasteiger partial charge in [0.1, 0.15) is 17.4 Å². The lowest BCUT2D eigenvalue weighted by Gasteiger charge is -2.17. The zero-order valence-electron chi connectivity index (χ0n) is 17.5. The van der Waals surface area contributed by atoms with Gasteiger partial charge in [-0.1, -0.05) is 12.1 Å². The van der Waals surface area contributed by atoms with E-state index < -0.39 is 11.6 Å². The molecule has 1 aliphatic heterocycles. The summed E-state index contributed by atoms with van der Waals surface area (Å²) in [6.07, 6.45) is 1.38. The standard InChI is InChI=1S/C23H29F2N3O2/c1-16-3-4-19(22(11-16)30-15-17-8-10-29-14-17)13-28-23(26-2)27-9-7-18-12-20(24)5-6-21(18)25/h3-6,11-12,17H,7-10,13-15H2,1-2H3,(H2,26,27,28). The molecule has 1 unspecified atom stereocenters. The maximum atomic E-state index is 13.7. The lowest BCUT2D eigenvalue weighted by Crippen LogP contribution is -2.38. The fourth-order valence-corrected chi connectivity index (χ4v) is 3.31. The minimum absolute atomic E-state index is 0.336. The minimum atomic E-state index is -0.440. The highest BCUT2D eigenvalue weighted by Gasteiger charge is 2.17. The van der Waals surface area contributed by atoms with Crippen molar-refractivity contribution in [3.63, 3.8) is 0 Å². The maximum Gasteiger partial charge on any atom is 0.191 e. The van der Waals surface area contributed by atoms with Gasteiger partial charge in [0.25, 0.3) is 0 Å². The van der Waals surface area contributed by atoms with Crippen LogP contribution in [0, 0.1) is 24.5 Å². The normalized spacial score (nSPS) is 16.5. The van der Waals surface area contributed by atoms with Crippen LogP contribution in [0.5, 0.6) is 5.75 Å². The molecule has 1 aliphatic rings. The molecular formula is C23H29F2N3O2. The maximum absolute atomic E-state index is 13.7. The summed E-state index contributed by atoms with van der Waals surface area (Å²) in [4.78, 5) is 4.20. The molecule has 2 N–H and O–H groups in total. The Morgan fingerprint density at radius 2 is 2.03 bits per heavy atom. The monoisotopic (exact) mass is 417 g/mol. The summed E-state index contributed by atoms with van der Waals surface area (Å²) >= 11 is 0. The van der Waals surface area contributed by atoms with Crippen molar-refractivity contribution in [1.82, 2.24) is 10.6 Å². The first kappa shape index (κ1) is 22.0. The van der Waals surface area contributed by atoms with Gasteiger partial charge in [0, 0.05) is 38.2 Å². The van der Waals surface area contributed by atoms with Crippen molar-refractivity contribution >= 4 is 5.96 Å². The summed E-state index contributed by atoms with van der Waals surface area (Å²) in [6.45, 7) is 5.20. The molecule has 0 radical (unpaired) electrons. The number of halogens is 2. The number of rotatable bonds is 8. The quantitative estimate of drug-likeness (QED) is 0.509. The first-order valence-electron chi connectivity index (χ1n) is 10.2. The van der Waals surface area contributed by atoms with Gasteiger partial charge in [-0.25, -0.2) is 8.78 Å². The number of benzene rings is 2. The van der Waals surface area contributed by atoms with Gasteiger partial charge in [0.05, 0.1) is 13.2 Å². The van der Waals surface area contributed by atoms with Crippen LogP contribution in [0.1, 0.15) is 23.1 Å². The molecule has 2 aromatic carbocycles. The number of hydrogen-bond donors (Lipinski definition) is 2. The van der Waals surface area contributed by atoms with E-state index in [1.807, 2.05) is 25.1 Å². The summed E-state index contributed by atoms with van der Waals surface area (Å²) in [5.41, 5.74) is 2.50. The zero-order valence-corrected chi connectivity index (χ0v) is 17.5. The second kappa shape index (κ2) is 10.9. The molecule has 0 bridgehead atoms. The highest BCUT2D eigenvalue weighted by molar-refractivity contribution is 5.79. The van der Waals surface area contributed by atoms with Crippen molar-refractivity contribution in [3.8, 4) is 5.75 Å². The summed E-state index contributed by atoms with van der Waals surface area (Å²) < 4.78 is 38.5. The fraction of sp³-hybridized carbons (Fsp3) is 0.435. The lowest BCUT2D eigenvalue weighted by molar-refractivity contribution is 0.166. The molecule has 2 aromatic rings. The molecule has 0 saturated carbocycles. The molecule has 0 amide bonds. The average molecular weight is 418 g/mol. The first-order valence-corrected chi connectivity index (χ1v) is 10.2. The Labute approximate surface area is 176 Å². The van der Waals surface area contributed by atoms with Crippen LogP contribution in [0.2, 0.25) is 0 Å². The number of ether oxygens (including phenoxy) is 2. The molecule has 1 heterocycles. The van der Waals surface area contributed by atoms with Crippen molar-refractivity contribution < 1.29 is 18.3 Å². The second-order valence-corrected chi connectivity index (χ2v) is 7.49. The Bertz CT molecular complexity index is 868. The summed E-state index contributed by atoms with van der Waals surface area (Å²) in [5.74, 6) is 1.03. The van der Waals surface area contributed by atoms with E-state index in [0.29, 0.717) is 43.6 Å². The van der Waals surface area contributed by atoms with E-state index in [9.17, 15) is 8.78 Å². The lowest BCUT2D eigenvalue weighted by atomic mass is 10.1. The number of nitrogens with one attached hydrogen (secondary N) is 2. The van der Waals surface area contributed by atoms with Gasteiger partial charge in [-0.15, -0.1) is 0 Å². The van der Waals surface area contributed by atoms with Gasteiger partial charge in [0.2, 0.25) is 0 Å². The van der Waals surface area contributed by atoms with E-state index in [1.54, 1.807) is 7.05 Å². The third-order valence-electron chi connectivity index (χ3n) is 5.09. The third-order valence-corrected chi connectivity index (χ3v) is 5.09. The van der Waals surface area contributed by atoms with E-state index in [4.69, 9.17) is 9.47 Å². The molecule has 7 heteroatoms. The predicted molar refractivity (Wildman–Crippen MR) is 114 cm³/mol. The number of aliphatic imine (C=N–C) groups is 1. The Balaban J connectivity index is 1.52. The molecule has 3 rings (SSSR count). The minimum Gasteiger partial charge on any atom is -0.493 e. The van der Waals surface area contributed by atoms with Crippen molar-refractivity contribution in [2.45, 2.75) is 26.3 Å². The molecule has 30 heavy (non-hydrogen) atoms. The van der Waals surface area contributed by atoms with E-state index in [-0.39, 0.29) is 0 Å². The average Bonchev–Trinajstić information content (AvgIpc) is 3.26. The molecule has 162 valence electrons. The van der Waals surface area contributed by atoms with E-state index in [0.717, 1.165) is 48.6 Å². The fourth-order valence-electron chi connectivity index (χ4n) is 3.31. The predicted octanol–water partition coefficient (Wildman–Crippen LogP) is 3.60. The molecule has 0 aromatic heterocycles. The Kier molecular flexibility index (Phi) is 8.02. The Morgan fingerprint density at radius 1 is 1.17 bits per heavy atom. The van der Waals surface area contributed by atoms with Gasteiger partial charge in [-0.05, 0) is 55.2 Å². The Hall–Kier alpha value is -2.67. The van der Waals surface area contributed by atoms with Crippen LogP contribution in [-0.2, 0) is 17.7 Å². The first-order chi connectivity index (χ1) is 14.5. The van der Waals surface area contributed by atoms with Crippen LogP contribution in [0.25, 0.3) is 0 Å². The van der Waals surface area contributed by atoms with E-state index in [1.165, 1.54) is 6.07 Å². The number of aryl methyl sites for hydroxylation is 1. The molecular weight excluding hydrogens is 388 g/mol. The second-order valence-electron chi connectivity index (χ2n) is 7.49. The molecule has 1 atom stereocenters. The van der Waals surface area contributed by atoms with Crippen molar-refractivity contribution in [2.24, 2.45) is 10.9 Å². The van der Waals surface area contributed by atoms with Crippen LogP contribution in [0.15, 0.2) is 41.4 Å². The van der Waals surface area contributed by atoms with Crippen molar-refractivity contribution in [2.75, 3.05) is 33.4 Å². The molecule has 0 spiro atoms. The zero-order chi connectivity index (χ0) is 21.3. The third kappa shape index (κ3) is 6.42. The smallest absolute Gasteiger partial charge is 0.191 e. The van der Waals surface area contributed by atoms with Gasteiger partial charge < -0.3 is 20.1 Å². The van der Waals surface area contributed by atoms with Gasteiger partial charge >= 0.3 is 0 Å².